The molecule has 0 aliphatic rings. The smallest absolute Gasteiger partial charge is 0.0814 e. The molecule has 0 aliphatic carbocycles. The lowest BCUT2D eigenvalue weighted by atomic mass is 9.14. The summed E-state index contributed by atoms with van der Waals surface area (Å²) in [5, 5.41) is 0. The standard InChI is InChI=1S/5C22H24B.C16H36N/c5*1-2-3-19-23(20-13-7-4-8-14-20,21-15-9-5-10-16-21)22-17-11-6-12-18-22;1-5-9-13-17(14-10-6-2,15-11-7-3)16-12-8-4/h5*4-18H,2-3,19H2,1H3;5-16H2,1-4H3/q5*-1;+1. The fourth-order valence-electron chi connectivity index (χ4n) is 22.3. The molecule has 15 aromatic carbocycles. The minimum atomic E-state index is -0.913. The maximum Gasteiger partial charge on any atom is 0.0814 e. The minimum absolute atomic E-state index is 0.913. The molecular formula is C126H156B5N-4. The Balaban J connectivity index is 0.000000165. The molecule has 1 nitrogen and oxygen atoms in total. The van der Waals surface area contributed by atoms with E-state index in [4.69, 9.17) is 0 Å². The van der Waals surface area contributed by atoms with Gasteiger partial charge in [0.15, 0.2) is 0 Å². The molecule has 0 aliphatic heterocycles. The highest BCUT2D eigenvalue weighted by molar-refractivity contribution is 7.14. The number of rotatable bonds is 42. The number of nitrogens with zero attached hydrogens (tertiary/aromatic N) is 1. The van der Waals surface area contributed by atoms with Gasteiger partial charge in [0, 0.05) is 0 Å². The van der Waals surface area contributed by atoms with E-state index in [1.54, 1.807) is 0 Å². The van der Waals surface area contributed by atoms with Gasteiger partial charge in [-0.3, -0.25) is 0 Å². The van der Waals surface area contributed by atoms with E-state index in [-0.39, 0.29) is 0 Å². The van der Waals surface area contributed by atoms with Crippen molar-refractivity contribution >= 4 is 113 Å². The van der Waals surface area contributed by atoms with Crippen LogP contribution < -0.4 is 81.9 Å². The molecule has 0 heterocycles. The van der Waals surface area contributed by atoms with Crippen LogP contribution in [0.1, 0.15) is 178 Å². The molecule has 0 atom stereocenters. The molecule has 6 heteroatoms. The molecule has 0 amide bonds. The van der Waals surface area contributed by atoms with Gasteiger partial charge in [0.05, 0.1) is 56.9 Å². The van der Waals surface area contributed by atoms with Gasteiger partial charge in [0.1, 0.15) is 0 Å². The Morgan fingerprint density at radius 3 is 0.280 bits per heavy atom. The van der Waals surface area contributed by atoms with E-state index in [0.29, 0.717) is 0 Å². The number of unbranched alkanes of at least 4 members (excludes halogenated alkanes) is 9. The Kier molecular flexibility index (Phi) is 44.4. The molecule has 0 fully saturated rings. The zero-order chi connectivity index (χ0) is 92.8. The van der Waals surface area contributed by atoms with Crippen molar-refractivity contribution in [2.45, 2.75) is 209 Å². The van der Waals surface area contributed by atoms with Crippen LogP contribution in [0.3, 0.4) is 0 Å². The molecule has 132 heavy (non-hydrogen) atoms. The third-order valence-corrected chi connectivity index (χ3v) is 29.4. The Hall–Kier alpha value is -11.4. The summed E-state index contributed by atoms with van der Waals surface area (Å²) < 4.78 is 1.42. The molecule has 684 valence electrons. The first-order valence-corrected chi connectivity index (χ1v) is 51.7. The monoisotopic (exact) mass is 1740 g/mol. The van der Waals surface area contributed by atoms with E-state index in [1.807, 2.05) is 0 Å². The van der Waals surface area contributed by atoms with Crippen LogP contribution in [0.15, 0.2) is 455 Å². The summed E-state index contributed by atoms with van der Waals surface area (Å²) in [6.07, 6.45) is 24.7. The third-order valence-electron chi connectivity index (χ3n) is 29.4. The predicted octanol–water partition coefficient (Wildman–Crippen LogP) is 24.8. The van der Waals surface area contributed by atoms with E-state index < -0.39 is 30.7 Å². The Bertz CT molecular complexity index is 4120. The van der Waals surface area contributed by atoms with Crippen LogP contribution >= 0.6 is 0 Å². The quantitative estimate of drug-likeness (QED) is 0.0264. The van der Waals surface area contributed by atoms with E-state index >= 15 is 0 Å². The first kappa shape index (κ1) is 103. The first-order valence-electron chi connectivity index (χ1n) is 51.7. The summed E-state index contributed by atoms with van der Waals surface area (Å²) in [4.78, 5) is 0. The molecule has 15 aromatic rings. The van der Waals surface area contributed by atoms with Gasteiger partial charge >= 0.3 is 0 Å². The molecule has 0 aromatic heterocycles. The number of benzene rings is 15. The first-order chi connectivity index (χ1) is 65.1. The SMILES string of the molecule is CCCC[B-](c1ccccc1)(c1ccccc1)c1ccccc1.CCCC[B-](c1ccccc1)(c1ccccc1)c1ccccc1.CCCC[B-](c1ccccc1)(c1ccccc1)c1ccccc1.CCCC[B-](c1ccccc1)(c1ccccc1)c1ccccc1.CCCC[B-](c1ccccc1)(c1ccccc1)c1ccccc1.CCCC[N+](CCCC)(CCCC)CCCC. The molecule has 0 spiro atoms. The van der Waals surface area contributed by atoms with Crippen molar-refractivity contribution in [2.24, 2.45) is 0 Å². The highest BCUT2D eigenvalue weighted by Crippen LogP contribution is 2.24. The molecule has 0 radical (unpaired) electrons. The van der Waals surface area contributed by atoms with Crippen molar-refractivity contribution in [3.05, 3.63) is 455 Å². The van der Waals surface area contributed by atoms with Crippen LogP contribution in [0.2, 0.25) is 31.6 Å². The lowest BCUT2D eigenvalue weighted by Gasteiger charge is -2.43. The average Bonchev–Trinajstić information content (AvgIpc) is 0.781. The average molecular weight is 1740 g/mol. The van der Waals surface area contributed by atoms with Crippen LogP contribution in [-0.4, -0.2) is 61.4 Å². The summed E-state index contributed by atoms with van der Waals surface area (Å²) in [5.74, 6) is 0. The molecule has 0 saturated carbocycles. The van der Waals surface area contributed by atoms with Crippen molar-refractivity contribution in [3.8, 4) is 0 Å². The second kappa shape index (κ2) is 57.1. The lowest BCUT2D eigenvalue weighted by molar-refractivity contribution is -0.929. The summed E-state index contributed by atoms with van der Waals surface area (Å²) in [5.41, 5.74) is 21.6. The molecule has 0 bridgehead atoms. The summed E-state index contributed by atoms with van der Waals surface area (Å²) in [7, 11) is 0. The van der Waals surface area contributed by atoms with Gasteiger partial charge in [-0.25, -0.2) is 0 Å². The second-order valence-corrected chi connectivity index (χ2v) is 37.7. The van der Waals surface area contributed by atoms with Crippen LogP contribution in [0.25, 0.3) is 0 Å². The van der Waals surface area contributed by atoms with Gasteiger partial charge in [0.25, 0.3) is 0 Å². The van der Waals surface area contributed by atoms with Crippen molar-refractivity contribution in [1.29, 1.82) is 0 Å². The Morgan fingerprint density at radius 2 is 0.205 bits per heavy atom. The van der Waals surface area contributed by atoms with E-state index in [0.717, 1.165) is 0 Å². The molecule has 0 saturated heterocycles. The normalized spacial score (nSPS) is 11.4. The van der Waals surface area contributed by atoms with Crippen molar-refractivity contribution in [1.82, 2.24) is 0 Å². The number of hydrogen-bond donors (Lipinski definition) is 0. The topological polar surface area (TPSA) is 0 Å². The zero-order valence-electron chi connectivity index (χ0n) is 82.2. The van der Waals surface area contributed by atoms with Gasteiger partial charge in [0.2, 0.25) is 0 Å². The van der Waals surface area contributed by atoms with E-state index in [9.17, 15) is 0 Å². The highest BCUT2D eigenvalue weighted by Gasteiger charge is 2.35. The van der Waals surface area contributed by atoms with Crippen LogP contribution in [0.4, 0.5) is 0 Å². The van der Waals surface area contributed by atoms with E-state index in [2.05, 4.69) is 517 Å². The molecule has 0 N–H and O–H groups in total. The fourth-order valence-corrected chi connectivity index (χ4v) is 22.3. The Labute approximate surface area is 802 Å². The van der Waals surface area contributed by atoms with Gasteiger partial charge in [-0.15, -0.1) is 0 Å². The maximum absolute atomic E-state index is 2.33. The zero-order valence-corrected chi connectivity index (χ0v) is 82.2. The highest BCUT2D eigenvalue weighted by atomic mass is 15.3. The summed E-state index contributed by atoms with van der Waals surface area (Å²) in [6, 6.07) is 166. The van der Waals surface area contributed by atoms with Crippen molar-refractivity contribution in [2.75, 3.05) is 26.2 Å². The number of hydrogen-bond acceptors (Lipinski definition) is 0. The van der Waals surface area contributed by atoms with Gasteiger partial charge in [-0.05, 0) is 25.7 Å². The van der Waals surface area contributed by atoms with Crippen LogP contribution in [0.5, 0.6) is 0 Å². The second-order valence-electron chi connectivity index (χ2n) is 37.7. The van der Waals surface area contributed by atoms with Crippen molar-refractivity contribution < 1.29 is 4.48 Å². The molecule has 0 unspecified atom stereocenters. The third kappa shape index (κ3) is 27.6. The number of quaternary nitrogens is 1. The minimum Gasteiger partial charge on any atom is -0.324 e. The lowest BCUT2D eigenvalue weighted by Crippen LogP contribution is -2.66. The summed E-state index contributed by atoms with van der Waals surface area (Å²) >= 11 is 0. The molecular weight excluding hydrogens is 1580 g/mol. The van der Waals surface area contributed by atoms with Crippen LogP contribution in [-0.2, 0) is 0 Å². The fraction of sp³-hybridized carbons (Fsp3) is 0.286. The van der Waals surface area contributed by atoms with E-state index in [1.165, 1.54) is 260 Å². The largest absolute Gasteiger partial charge is 0.324 e. The van der Waals surface area contributed by atoms with Crippen molar-refractivity contribution in [3.63, 3.8) is 0 Å². The van der Waals surface area contributed by atoms with Crippen LogP contribution in [0, 0.1) is 0 Å². The predicted molar refractivity (Wildman–Crippen MR) is 598 cm³/mol. The van der Waals surface area contributed by atoms with Gasteiger partial charge in [-0.2, -0.15) is 114 Å². The molecule has 15 rings (SSSR count). The Morgan fingerprint density at radius 1 is 0.121 bits per heavy atom. The summed E-state index contributed by atoms with van der Waals surface area (Å²) in [6.45, 7) is 26.4. The maximum atomic E-state index is 2.33. The van der Waals surface area contributed by atoms with Gasteiger partial charge < -0.3 is 4.48 Å². The van der Waals surface area contributed by atoms with Gasteiger partial charge in [-0.1, -0.05) is 607 Å².